The average molecular weight is 199 g/mol. The minimum Gasteiger partial charge on any atom is -0.264 e. The molecule has 78 valence electrons. The van der Waals surface area contributed by atoms with Crippen LogP contribution in [0.15, 0.2) is 36.7 Å². The van der Waals surface area contributed by atoms with E-state index in [1.54, 1.807) is 0 Å². The Morgan fingerprint density at radius 3 is 2.67 bits per heavy atom. The predicted molar refractivity (Wildman–Crippen MR) is 64.9 cm³/mol. The lowest BCUT2D eigenvalue weighted by Gasteiger charge is -2.19. The number of hydrogen-bond donors (Lipinski definition) is 0. The van der Waals surface area contributed by atoms with Crippen molar-refractivity contribution in [2.75, 3.05) is 0 Å². The number of aromatic nitrogens is 1. The first kappa shape index (κ1) is 10.2. The molecular formula is C14H17N. The van der Waals surface area contributed by atoms with E-state index in [2.05, 4.69) is 50.0 Å². The highest BCUT2D eigenvalue weighted by molar-refractivity contribution is 5.84. The van der Waals surface area contributed by atoms with E-state index >= 15 is 0 Å². The van der Waals surface area contributed by atoms with Gasteiger partial charge in [-0.3, -0.25) is 4.98 Å². The smallest absolute Gasteiger partial charge is 0.0346 e. The normalized spacial score (nSPS) is 11.9. The second-order valence-corrected chi connectivity index (χ2v) is 5.25. The Morgan fingerprint density at radius 1 is 1.13 bits per heavy atom. The third-order valence-corrected chi connectivity index (χ3v) is 2.49. The molecule has 0 saturated heterocycles. The number of benzene rings is 1. The van der Waals surface area contributed by atoms with Crippen molar-refractivity contribution in [1.29, 1.82) is 0 Å². The van der Waals surface area contributed by atoms with Crippen molar-refractivity contribution in [2.45, 2.75) is 27.2 Å². The molecule has 1 nitrogen and oxygen atoms in total. The molecule has 1 aromatic heterocycles. The summed E-state index contributed by atoms with van der Waals surface area (Å²) in [6, 6.07) is 8.56. The van der Waals surface area contributed by atoms with Crippen LogP contribution in [0.5, 0.6) is 0 Å². The fourth-order valence-electron chi connectivity index (χ4n) is 1.92. The number of nitrogens with zero attached hydrogens (tertiary/aromatic N) is 1. The molecule has 0 bridgehead atoms. The van der Waals surface area contributed by atoms with Crippen molar-refractivity contribution in [3.8, 4) is 0 Å². The van der Waals surface area contributed by atoms with Gasteiger partial charge in [0.25, 0.3) is 0 Å². The zero-order valence-corrected chi connectivity index (χ0v) is 9.62. The highest BCUT2D eigenvalue weighted by Gasteiger charge is 2.12. The van der Waals surface area contributed by atoms with Gasteiger partial charge in [0.1, 0.15) is 0 Å². The zero-order chi connectivity index (χ0) is 10.9. The second kappa shape index (κ2) is 3.65. The minimum atomic E-state index is 0.331. The van der Waals surface area contributed by atoms with Crippen molar-refractivity contribution < 1.29 is 0 Å². The number of rotatable bonds is 1. The van der Waals surface area contributed by atoms with Crippen LogP contribution in [0.25, 0.3) is 10.8 Å². The Hall–Kier alpha value is -1.37. The van der Waals surface area contributed by atoms with E-state index in [-0.39, 0.29) is 0 Å². The molecule has 0 saturated carbocycles. The fourth-order valence-corrected chi connectivity index (χ4v) is 1.92. The van der Waals surface area contributed by atoms with Gasteiger partial charge in [0, 0.05) is 17.8 Å². The van der Waals surface area contributed by atoms with E-state index in [9.17, 15) is 0 Å². The Labute approximate surface area is 91.2 Å². The highest BCUT2D eigenvalue weighted by Crippen LogP contribution is 2.25. The molecule has 0 atom stereocenters. The maximum absolute atomic E-state index is 4.15. The van der Waals surface area contributed by atoms with Crippen LogP contribution in [0.2, 0.25) is 0 Å². The molecular weight excluding hydrogens is 182 g/mol. The van der Waals surface area contributed by atoms with Crippen molar-refractivity contribution in [1.82, 2.24) is 4.98 Å². The maximum atomic E-state index is 4.15. The van der Waals surface area contributed by atoms with Crippen LogP contribution in [0, 0.1) is 5.41 Å². The highest BCUT2D eigenvalue weighted by atomic mass is 14.6. The van der Waals surface area contributed by atoms with Gasteiger partial charge >= 0.3 is 0 Å². The molecule has 0 unspecified atom stereocenters. The Balaban J connectivity index is 2.52. The lowest BCUT2D eigenvalue weighted by molar-refractivity contribution is 0.412. The molecule has 0 aliphatic carbocycles. The van der Waals surface area contributed by atoms with Gasteiger partial charge in [-0.05, 0) is 28.9 Å². The Morgan fingerprint density at radius 2 is 1.93 bits per heavy atom. The van der Waals surface area contributed by atoms with Gasteiger partial charge in [-0.2, -0.15) is 0 Å². The molecule has 1 heterocycles. The van der Waals surface area contributed by atoms with Crippen LogP contribution < -0.4 is 0 Å². The molecule has 0 fully saturated rings. The Kier molecular flexibility index (Phi) is 2.47. The van der Waals surface area contributed by atoms with Crippen LogP contribution in [0.4, 0.5) is 0 Å². The maximum Gasteiger partial charge on any atom is 0.0346 e. The topological polar surface area (TPSA) is 12.9 Å². The monoisotopic (exact) mass is 199 g/mol. The SMILES string of the molecule is CC(C)(C)Cc1cccc2cnccc12. The summed E-state index contributed by atoms with van der Waals surface area (Å²) in [6.07, 6.45) is 4.91. The van der Waals surface area contributed by atoms with E-state index in [0.717, 1.165) is 6.42 Å². The standard InChI is InChI=1S/C14H17N/c1-14(2,3)9-11-5-4-6-12-10-15-8-7-13(11)12/h4-8,10H,9H2,1-3H3. The van der Waals surface area contributed by atoms with Crippen molar-refractivity contribution >= 4 is 10.8 Å². The van der Waals surface area contributed by atoms with E-state index in [1.165, 1.54) is 16.3 Å². The van der Waals surface area contributed by atoms with Gasteiger partial charge < -0.3 is 0 Å². The predicted octanol–water partition coefficient (Wildman–Crippen LogP) is 3.82. The van der Waals surface area contributed by atoms with E-state index in [1.807, 2.05) is 12.4 Å². The summed E-state index contributed by atoms with van der Waals surface area (Å²) in [5.74, 6) is 0. The number of pyridine rings is 1. The van der Waals surface area contributed by atoms with Crippen molar-refractivity contribution in [3.05, 3.63) is 42.2 Å². The molecule has 15 heavy (non-hydrogen) atoms. The van der Waals surface area contributed by atoms with Gasteiger partial charge in [0.15, 0.2) is 0 Å². The lowest BCUT2D eigenvalue weighted by Crippen LogP contribution is -2.09. The van der Waals surface area contributed by atoms with Crippen LogP contribution in [-0.2, 0) is 6.42 Å². The first-order chi connectivity index (χ1) is 7.06. The summed E-state index contributed by atoms with van der Waals surface area (Å²) in [5, 5.41) is 2.57. The first-order valence-electron chi connectivity index (χ1n) is 5.38. The third-order valence-electron chi connectivity index (χ3n) is 2.49. The van der Waals surface area contributed by atoms with Crippen LogP contribution in [-0.4, -0.2) is 4.98 Å². The number of fused-ring (bicyclic) bond motifs is 1. The van der Waals surface area contributed by atoms with Crippen molar-refractivity contribution in [3.63, 3.8) is 0 Å². The summed E-state index contributed by atoms with van der Waals surface area (Å²) in [6.45, 7) is 6.81. The molecule has 0 spiro atoms. The van der Waals surface area contributed by atoms with E-state index in [0.29, 0.717) is 5.41 Å². The summed E-state index contributed by atoms with van der Waals surface area (Å²) >= 11 is 0. The summed E-state index contributed by atoms with van der Waals surface area (Å²) < 4.78 is 0. The van der Waals surface area contributed by atoms with Gasteiger partial charge in [0.2, 0.25) is 0 Å². The molecule has 0 radical (unpaired) electrons. The van der Waals surface area contributed by atoms with Crippen LogP contribution in [0.3, 0.4) is 0 Å². The zero-order valence-electron chi connectivity index (χ0n) is 9.62. The third kappa shape index (κ3) is 2.35. The molecule has 1 aromatic carbocycles. The van der Waals surface area contributed by atoms with Gasteiger partial charge in [-0.25, -0.2) is 0 Å². The molecule has 0 N–H and O–H groups in total. The average Bonchev–Trinajstić information content (AvgIpc) is 2.16. The quantitative estimate of drug-likeness (QED) is 0.680. The number of hydrogen-bond acceptors (Lipinski definition) is 1. The summed E-state index contributed by atoms with van der Waals surface area (Å²) in [7, 11) is 0. The first-order valence-corrected chi connectivity index (χ1v) is 5.38. The molecule has 0 amide bonds. The molecule has 0 aliphatic rings. The van der Waals surface area contributed by atoms with E-state index in [4.69, 9.17) is 0 Å². The molecule has 0 aliphatic heterocycles. The molecule has 2 rings (SSSR count). The van der Waals surface area contributed by atoms with Crippen molar-refractivity contribution in [2.24, 2.45) is 5.41 Å². The largest absolute Gasteiger partial charge is 0.264 e. The molecule has 2 aromatic rings. The minimum absolute atomic E-state index is 0.331. The van der Waals surface area contributed by atoms with Gasteiger partial charge in [0.05, 0.1) is 0 Å². The summed E-state index contributed by atoms with van der Waals surface area (Å²) in [5.41, 5.74) is 1.75. The van der Waals surface area contributed by atoms with Crippen LogP contribution >= 0.6 is 0 Å². The Bertz CT molecular complexity index is 461. The second-order valence-electron chi connectivity index (χ2n) is 5.25. The molecule has 1 heteroatoms. The summed E-state index contributed by atoms with van der Waals surface area (Å²) in [4.78, 5) is 4.15. The van der Waals surface area contributed by atoms with Crippen LogP contribution in [0.1, 0.15) is 26.3 Å². The van der Waals surface area contributed by atoms with Gasteiger partial charge in [-0.15, -0.1) is 0 Å². The lowest BCUT2D eigenvalue weighted by atomic mass is 9.86. The fraction of sp³-hybridized carbons (Fsp3) is 0.357. The van der Waals surface area contributed by atoms with E-state index < -0.39 is 0 Å². The van der Waals surface area contributed by atoms with Gasteiger partial charge in [-0.1, -0.05) is 39.0 Å².